The lowest BCUT2D eigenvalue weighted by Gasteiger charge is -2.13. The van der Waals surface area contributed by atoms with Crippen LogP contribution in [-0.2, 0) is 14.3 Å². The third kappa shape index (κ3) is 3.73. The molecule has 0 spiro atoms. The summed E-state index contributed by atoms with van der Waals surface area (Å²) in [4.78, 5) is 12.0. The van der Waals surface area contributed by atoms with Crippen molar-refractivity contribution in [3.05, 3.63) is 60.2 Å². The summed E-state index contributed by atoms with van der Waals surface area (Å²) < 4.78 is 34.5. The zero-order valence-corrected chi connectivity index (χ0v) is 14.0. The van der Waals surface area contributed by atoms with Crippen molar-refractivity contribution in [2.75, 3.05) is 7.11 Å². The number of para-hydroxylation sites is 1. The first-order valence-electron chi connectivity index (χ1n) is 6.25. The van der Waals surface area contributed by atoms with E-state index in [-0.39, 0.29) is 10.6 Å². The molecule has 0 aliphatic heterocycles. The van der Waals surface area contributed by atoms with Crippen LogP contribution in [0.25, 0.3) is 0 Å². The van der Waals surface area contributed by atoms with Gasteiger partial charge in [-0.3, -0.25) is 4.79 Å². The molecule has 0 aliphatic rings. The van der Waals surface area contributed by atoms with Crippen LogP contribution in [0.2, 0.25) is 0 Å². The van der Waals surface area contributed by atoms with E-state index in [0.29, 0.717) is 5.56 Å². The van der Waals surface area contributed by atoms with Gasteiger partial charge in [0.05, 0.1) is 7.11 Å². The van der Waals surface area contributed by atoms with Crippen LogP contribution in [0.15, 0.2) is 59.5 Å². The van der Waals surface area contributed by atoms with Crippen molar-refractivity contribution in [2.24, 2.45) is 0 Å². The minimum Gasteiger partial charge on any atom is -0.495 e. The lowest BCUT2D eigenvalue weighted by atomic mass is 10.1. The average molecular weight is 385 g/mol. The molecule has 1 atom stereocenters. The number of hydrogen-bond donors (Lipinski definition) is 0. The fourth-order valence-electron chi connectivity index (χ4n) is 1.77. The molecule has 7 heteroatoms. The van der Waals surface area contributed by atoms with Crippen LogP contribution in [0.1, 0.15) is 10.4 Å². The Kier molecular flexibility index (Phi) is 5.33. The molecule has 0 saturated heterocycles. The Morgan fingerprint density at radius 3 is 2.27 bits per heavy atom. The smallest absolute Gasteiger partial charge is 0.302 e. The van der Waals surface area contributed by atoms with Gasteiger partial charge in [0.15, 0.2) is 5.01 Å². The first-order chi connectivity index (χ1) is 10.5. The van der Waals surface area contributed by atoms with Gasteiger partial charge in [-0.1, -0.05) is 42.5 Å². The Morgan fingerprint density at radius 1 is 1.05 bits per heavy atom. The highest BCUT2D eigenvalue weighted by Crippen LogP contribution is 2.27. The molecule has 2 aromatic rings. The Hall–Kier alpha value is -1.70. The number of ether oxygens (including phenoxy) is 1. The Bertz CT molecular complexity index is 759. The minimum absolute atomic E-state index is 0.136. The van der Waals surface area contributed by atoms with Gasteiger partial charge in [-0.05, 0) is 28.1 Å². The molecule has 0 amide bonds. The van der Waals surface area contributed by atoms with Crippen molar-refractivity contribution in [1.29, 1.82) is 0 Å². The minimum atomic E-state index is -4.15. The van der Waals surface area contributed by atoms with Crippen LogP contribution in [0.4, 0.5) is 0 Å². The molecule has 2 aromatic carbocycles. The van der Waals surface area contributed by atoms with E-state index in [1.54, 1.807) is 42.5 Å². The predicted octanol–water partition coefficient (Wildman–Crippen LogP) is 3.00. The zero-order chi connectivity index (χ0) is 16.2. The molecule has 0 aliphatic carbocycles. The van der Waals surface area contributed by atoms with Crippen molar-refractivity contribution < 1.29 is 22.1 Å². The molecule has 0 fully saturated rings. The van der Waals surface area contributed by atoms with Gasteiger partial charge in [-0.25, -0.2) is 4.18 Å². The molecule has 0 saturated carbocycles. The molecule has 2 rings (SSSR count). The number of rotatable bonds is 6. The Morgan fingerprint density at radius 2 is 1.64 bits per heavy atom. The number of carbonyl (C=O) groups is 1. The van der Waals surface area contributed by atoms with E-state index in [2.05, 4.69) is 15.9 Å². The van der Waals surface area contributed by atoms with Gasteiger partial charge in [-0.15, -0.1) is 0 Å². The van der Waals surface area contributed by atoms with Gasteiger partial charge in [0, 0.05) is 5.56 Å². The summed E-state index contributed by atoms with van der Waals surface area (Å²) in [5.41, 5.74) is 0.347. The summed E-state index contributed by atoms with van der Waals surface area (Å²) in [6, 6.07) is 14.3. The van der Waals surface area contributed by atoms with Crippen molar-refractivity contribution in [1.82, 2.24) is 0 Å². The molecule has 0 aromatic heterocycles. The summed E-state index contributed by atoms with van der Waals surface area (Å²) in [5, 5.41) is -1.31. The SMILES string of the molecule is COc1ccccc1S(=O)(=O)OC(Br)C(=O)c1ccccc1. The second-order valence-corrected chi connectivity index (χ2v) is 6.62. The number of carbonyl (C=O) groups excluding carboxylic acids is 1. The Labute approximate surface area is 137 Å². The largest absolute Gasteiger partial charge is 0.495 e. The standard InChI is InChI=1S/C15H13BrO5S/c1-20-12-9-5-6-10-13(12)22(18,19)21-15(16)14(17)11-7-3-2-4-8-11/h2-10,15H,1H3. The summed E-state index contributed by atoms with van der Waals surface area (Å²) in [5.74, 6) is -0.339. The molecule has 116 valence electrons. The summed E-state index contributed by atoms with van der Waals surface area (Å²) >= 11 is 2.97. The maximum Gasteiger partial charge on any atom is 0.302 e. The molecular weight excluding hydrogens is 372 g/mol. The van der Waals surface area contributed by atoms with Crippen LogP contribution in [0.3, 0.4) is 0 Å². The van der Waals surface area contributed by atoms with Crippen molar-refractivity contribution >= 4 is 31.8 Å². The van der Waals surface area contributed by atoms with Crippen molar-refractivity contribution in [3.63, 3.8) is 0 Å². The molecule has 22 heavy (non-hydrogen) atoms. The van der Waals surface area contributed by atoms with E-state index in [1.807, 2.05) is 0 Å². The molecule has 5 nitrogen and oxygen atoms in total. The molecule has 0 bridgehead atoms. The molecular formula is C15H13BrO5S. The number of halogens is 1. The predicted molar refractivity (Wildman–Crippen MR) is 84.8 cm³/mol. The second-order valence-electron chi connectivity index (χ2n) is 4.25. The third-order valence-electron chi connectivity index (χ3n) is 2.81. The fourth-order valence-corrected chi connectivity index (χ4v) is 3.69. The van der Waals surface area contributed by atoms with Crippen LogP contribution in [0, 0.1) is 0 Å². The highest BCUT2D eigenvalue weighted by Gasteiger charge is 2.28. The lowest BCUT2D eigenvalue weighted by Crippen LogP contribution is -2.22. The molecule has 1 unspecified atom stereocenters. The van der Waals surface area contributed by atoms with Gasteiger partial charge in [0.25, 0.3) is 0 Å². The highest BCUT2D eigenvalue weighted by molar-refractivity contribution is 9.09. The van der Waals surface area contributed by atoms with Crippen LogP contribution in [0.5, 0.6) is 5.75 Å². The maximum atomic E-state index is 12.3. The van der Waals surface area contributed by atoms with Crippen LogP contribution < -0.4 is 4.74 Å². The van der Waals surface area contributed by atoms with Gasteiger partial charge < -0.3 is 4.74 Å². The number of benzene rings is 2. The van der Waals surface area contributed by atoms with Crippen molar-refractivity contribution in [2.45, 2.75) is 9.91 Å². The van der Waals surface area contributed by atoms with E-state index >= 15 is 0 Å². The van der Waals surface area contributed by atoms with Gasteiger partial charge in [0.1, 0.15) is 10.6 Å². The Balaban J connectivity index is 2.23. The van der Waals surface area contributed by atoms with Crippen LogP contribution in [-0.4, -0.2) is 26.3 Å². The van der Waals surface area contributed by atoms with E-state index in [4.69, 9.17) is 8.92 Å². The first kappa shape index (κ1) is 16.7. The number of ketones is 1. The lowest BCUT2D eigenvalue weighted by molar-refractivity contribution is 0.0901. The summed E-state index contributed by atoms with van der Waals surface area (Å²) in [7, 11) is -2.79. The fraction of sp³-hybridized carbons (Fsp3) is 0.133. The second kappa shape index (κ2) is 7.04. The van der Waals surface area contributed by atoms with Gasteiger partial charge >= 0.3 is 10.1 Å². The van der Waals surface area contributed by atoms with E-state index in [1.165, 1.54) is 19.2 Å². The van der Waals surface area contributed by atoms with E-state index in [9.17, 15) is 13.2 Å². The highest BCUT2D eigenvalue weighted by atomic mass is 79.9. The summed E-state index contributed by atoms with van der Waals surface area (Å²) in [6.45, 7) is 0. The monoisotopic (exact) mass is 384 g/mol. The normalized spacial score (nSPS) is 12.6. The quantitative estimate of drug-likeness (QED) is 0.434. The topological polar surface area (TPSA) is 69.7 Å². The van der Waals surface area contributed by atoms with Gasteiger partial charge in [-0.2, -0.15) is 8.42 Å². The van der Waals surface area contributed by atoms with Crippen LogP contribution >= 0.6 is 15.9 Å². The van der Waals surface area contributed by atoms with E-state index < -0.39 is 20.9 Å². The van der Waals surface area contributed by atoms with E-state index in [0.717, 1.165) is 0 Å². The third-order valence-corrected chi connectivity index (χ3v) is 4.99. The zero-order valence-electron chi connectivity index (χ0n) is 11.6. The van der Waals surface area contributed by atoms with Crippen molar-refractivity contribution in [3.8, 4) is 5.75 Å². The average Bonchev–Trinajstić information content (AvgIpc) is 2.54. The van der Waals surface area contributed by atoms with Gasteiger partial charge in [0.2, 0.25) is 5.78 Å². The number of methoxy groups -OCH3 is 1. The first-order valence-corrected chi connectivity index (χ1v) is 8.58. The molecule has 0 N–H and O–H groups in total. The number of alkyl halides is 1. The molecule has 0 radical (unpaired) electrons. The number of hydrogen-bond acceptors (Lipinski definition) is 5. The number of Topliss-reactive ketones (excluding diaryl/α,β-unsaturated/α-hetero) is 1. The maximum absolute atomic E-state index is 12.3. The molecule has 0 heterocycles. The summed E-state index contributed by atoms with van der Waals surface area (Å²) in [6.07, 6.45) is 0.